The van der Waals surface area contributed by atoms with Crippen molar-refractivity contribution >= 4 is 17.8 Å². The average molecular weight is 539 g/mol. The Morgan fingerprint density at radius 2 is 1.85 bits per heavy atom. The van der Waals surface area contributed by atoms with Gasteiger partial charge in [0.05, 0.1) is 12.6 Å². The van der Waals surface area contributed by atoms with Crippen molar-refractivity contribution in [3.63, 3.8) is 0 Å². The predicted molar refractivity (Wildman–Crippen MR) is 143 cm³/mol. The minimum absolute atomic E-state index is 0.188. The fraction of sp³-hybridized carbons (Fsp3) is 0.464. The Bertz CT molecular complexity index is 1270. The third-order valence-electron chi connectivity index (χ3n) is 6.75. The summed E-state index contributed by atoms with van der Waals surface area (Å²) in [6, 6.07) is 12.7. The molecule has 0 aromatic heterocycles. The summed E-state index contributed by atoms with van der Waals surface area (Å²) in [5, 5.41) is 6.30. The molecular weight excluding hydrogens is 504 g/mol. The molecule has 208 valence electrons. The van der Waals surface area contributed by atoms with Crippen molar-refractivity contribution < 1.29 is 33.3 Å². The first kappa shape index (κ1) is 29.5. The van der Waals surface area contributed by atoms with Gasteiger partial charge in [-0.15, -0.1) is 0 Å². The van der Waals surface area contributed by atoms with Crippen LogP contribution >= 0.6 is 0 Å². The molecule has 1 aliphatic rings. The first-order valence-corrected chi connectivity index (χ1v) is 12.7. The number of aryl methyl sites for hydroxylation is 1. The minimum Gasteiger partial charge on any atom is -0.460 e. The third kappa shape index (κ3) is 6.50. The predicted octanol–water partition coefficient (Wildman–Crippen LogP) is 4.72. The van der Waals surface area contributed by atoms with Crippen LogP contribution < -0.4 is 10.1 Å². The zero-order valence-electron chi connectivity index (χ0n) is 23.0. The van der Waals surface area contributed by atoms with Crippen LogP contribution in [-0.4, -0.2) is 55.5 Å². The van der Waals surface area contributed by atoms with E-state index in [4.69, 9.17) is 24.5 Å². The molecule has 0 saturated carbocycles. The van der Waals surface area contributed by atoms with E-state index in [1.165, 1.54) is 13.8 Å². The number of esters is 2. The number of amides is 1. The Balaban J connectivity index is 2.05. The number of ether oxygens (including phenoxy) is 4. The van der Waals surface area contributed by atoms with Crippen molar-refractivity contribution in [3.8, 4) is 16.9 Å². The number of carbonyl (C=O) groups excluding carboxylic acids is 3. The van der Waals surface area contributed by atoms with Gasteiger partial charge >= 0.3 is 11.9 Å². The second kappa shape index (κ2) is 12.6. The van der Waals surface area contributed by atoms with Gasteiger partial charge in [-0.2, -0.15) is 0 Å². The van der Waals surface area contributed by atoms with E-state index < -0.39 is 42.0 Å². The summed E-state index contributed by atoms with van der Waals surface area (Å²) >= 11 is 0. The van der Waals surface area contributed by atoms with Crippen LogP contribution in [0.4, 0.5) is 0 Å². The lowest BCUT2D eigenvalue weighted by Crippen LogP contribution is -2.68. The average Bonchev–Trinajstić information content (AvgIpc) is 2.91. The molecule has 1 fully saturated rings. The molecule has 0 unspecified atom stereocenters. The van der Waals surface area contributed by atoms with Gasteiger partial charge in [0.1, 0.15) is 5.75 Å². The molecular formula is C28H34N4O7. The number of hydrogen-bond acceptors (Lipinski definition) is 8. The first-order valence-electron chi connectivity index (χ1n) is 12.7. The summed E-state index contributed by atoms with van der Waals surface area (Å²) < 4.78 is 24.0. The molecule has 1 saturated heterocycles. The van der Waals surface area contributed by atoms with Crippen LogP contribution in [-0.2, 0) is 23.8 Å². The fourth-order valence-corrected chi connectivity index (χ4v) is 4.93. The molecule has 1 amide bonds. The lowest BCUT2D eigenvalue weighted by Gasteiger charge is -2.51. The van der Waals surface area contributed by atoms with E-state index >= 15 is 0 Å². The number of hydrogen-bond donors (Lipinski definition) is 1. The molecule has 39 heavy (non-hydrogen) atoms. The number of nitrogens with one attached hydrogen (secondary N) is 1. The minimum atomic E-state index is -1.73. The van der Waals surface area contributed by atoms with Gasteiger partial charge in [-0.3, -0.25) is 14.4 Å². The number of azide groups is 1. The molecule has 0 bridgehead atoms. The van der Waals surface area contributed by atoms with Crippen LogP contribution in [0.15, 0.2) is 47.6 Å². The van der Waals surface area contributed by atoms with Crippen molar-refractivity contribution in [3.05, 3.63) is 64.0 Å². The van der Waals surface area contributed by atoms with Gasteiger partial charge in [0.15, 0.2) is 6.10 Å². The van der Waals surface area contributed by atoms with E-state index in [2.05, 4.69) is 15.3 Å². The van der Waals surface area contributed by atoms with Crippen LogP contribution in [0, 0.1) is 12.8 Å². The van der Waals surface area contributed by atoms with Crippen molar-refractivity contribution in [2.45, 2.75) is 65.1 Å². The maximum absolute atomic E-state index is 12.3. The molecule has 1 N–H and O–H groups in total. The highest BCUT2D eigenvalue weighted by molar-refractivity contribution is 5.95. The summed E-state index contributed by atoms with van der Waals surface area (Å²) in [5.41, 5.74) is 10.3. The van der Waals surface area contributed by atoms with Gasteiger partial charge in [-0.1, -0.05) is 37.2 Å². The lowest BCUT2D eigenvalue weighted by molar-refractivity contribution is -0.307. The summed E-state index contributed by atoms with van der Waals surface area (Å²) in [5.74, 6) is -1.42. The highest BCUT2D eigenvalue weighted by Gasteiger charge is 2.60. The molecule has 11 heteroatoms. The van der Waals surface area contributed by atoms with Crippen molar-refractivity contribution in [2.24, 2.45) is 11.0 Å². The lowest BCUT2D eigenvalue weighted by atomic mass is 9.80. The van der Waals surface area contributed by atoms with E-state index in [9.17, 15) is 14.4 Å². The second-order valence-corrected chi connectivity index (χ2v) is 9.50. The molecule has 0 spiro atoms. The Kier molecular flexibility index (Phi) is 9.56. The van der Waals surface area contributed by atoms with Gasteiger partial charge in [-0.25, -0.2) is 0 Å². The number of nitrogens with zero attached hydrogens (tertiary/aromatic N) is 3. The molecule has 1 aliphatic heterocycles. The number of rotatable bonds is 9. The number of benzene rings is 2. The molecule has 1 heterocycles. The molecule has 11 nitrogen and oxygen atoms in total. The van der Waals surface area contributed by atoms with Crippen molar-refractivity contribution in [1.29, 1.82) is 0 Å². The van der Waals surface area contributed by atoms with E-state index in [0.717, 1.165) is 16.7 Å². The van der Waals surface area contributed by atoms with E-state index in [0.29, 0.717) is 17.7 Å². The topological polar surface area (TPSA) is 149 Å². The van der Waals surface area contributed by atoms with Gasteiger partial charge < -0.3 is 24.3 Å². The first-order chi connectivity index (χ1) is 18.6. The van der Waals surface area contributed by atoms with Crippen molar-refractivity contribution in [1.82, 2.24) is 5.32 Å². The summed E-state index contributed by atoms with van der Waals surface area (Å²) in [6.07, 6.45) is -2.09. The van der Waals surface area contributed by atoms with Crippen LogP contribution in [0.3, 0.4) is 0 Å². The zero-order chi connectivity index (χ0) is 28.7. The molecule has 0 radical (unpaired) electrons. The summed E-state index contributed by atoms with van der Waals surface area (Å²) in [6.45, 7) is 7.67. The maximum atomic E-state index is 12.3. The van der Waals surface area contributed by atoms with Gasteiger partial charge in [0.2, 0.25) is 11.9 Å². The Labute approximate surface area is 227 Å². The van der Waals surface area contributed by atoms with Crippen LogP contribution in [0.1, 0.15) is 50.0 Å². The van der Waals surface area contributed by atoms with E-state index in [1.807, 2.05) is 39.0 Å². The Morgan fingerprint density at radius 1 is 1.13 bits per heavy atom. The zero-order valence-corrected chi connectivity index (χ0v) is 23.0. The van der Waals surface area contributed by atoms with E-state index in [-0.39, 0.29) is 12.5 Å². The molecule has 0 aliphatic carbocycles. The second-order valence-electron chi connectivity index (χ2n) is 9.50. The quantitative estimate of drug-likeness (QED) is 0.210. The van der Waals surface area contributed by atoms with Crippen LogP contribution in [0.5, 0.6) is 5.75 Å². The van der Waals surface area contributed by atoms with E-state index in [1.54, 1.807) is 31.3 Å². The van der Waals surface area contributed by atoms with Crippen LogP contribution in [0.2, 0.25) is 0 Å². The highest BCUT2D eigenvalue weighted by Crippen LogP contribution is 2.42. The molecule has 2 aromatic rings. The SMILES string of the molecule is CC[C@H]1O[C@H](Oc2ccc(-c3cccc(C(=O)NC)c3)cc2C)[C@@](CN=[N+]=[N-])(OC(C)=O)[C@@H](OC(C)=O)[C@@H]1C. The smallest absolute Gasteiger partial charge is 0.303 e. The number of carbonyl (C=O) groups is 3. The fourth-order valence-electron chi connectivity index (χ4n) is 4.93. The third-order valence-corrected chi connectivity index (χ3v) is 6.75. The monoisotopic (exact) mass is 538 g/mol. The normalized spacial score (nSPS) is 24.2. The van der Waals surface area contributed by atoms with Gasteiger partial charge in [0.25, 0.3) is 5.91 Å². The standard InChI is InChI=1S/C28H34N4O7/c1-7-23-17(3)25(36-18(4)33)28(15-31-32-29,39-19(5)34)27(37-23)38-24-12-11-21(13-16(24)2)20-9-8-10-22(14-20)26(35)30-6/h8-14,17,23,25,27H,7,15H2,1-6H3,(H,30,35)/t17-,23-,25+,27-,28+/m1/s1. The largest absolute Gasteiger partial charge is 0.460 e. The summed E-state index contributed by atoms with van der Waals surface area (Å²) in [7, 11) is 1.58. The van der Waals surface area contributed by atoms with Crippen LogP contribution in [0.25, 0.3) is 21.6 Å². The molecule has 5 atom stereocenters. The maximum Gasteiger partial charge on any atom is 0.303 e. The molecule has 3 rings (SSSR count). The Morgan fingerprint density at radius 3 is 2.44 bits per heavy atom. The van der Waals surface area contributed by atoms with Gasteiger partial charge in [0, 0.05) is 37.3 Å². The van der Waals surface area contributed by atoms with Crippen molar-refractivity contribution in [2.75, 3.05) is 13.6 Å². The molecule has 2 aromatic carbocycles. The van der Waals surface area contributed by atoms with Gasteiger partial charge in [-0.05, 0) is 59.8 Å². The Hall–Kier alpha value is -4.08. The highest BCUT2D eigenvalue weighted by atomic mass is 16.7. The summed E-state index contributed by atoms with van der Waals surface area (Å²) in [4.78, 5) is 39.3.